The maximum absolute atomic E-state index is 12.2. The third-order valence-corrected chi connectivity index (χ3v) is 3.95. The molecule has 0 atom stereocenters. The van der Waals surface area contributed by atoms with Crippen molar-refractivity contribution < 1.29 is 13.2 Å². The topological polar surface area (TPSA) is 68.3 Å². The van der Waals surface area contributed by atoms with Gasteiger partial charge in [0, 0.05) is 17.3 Å². The largest absolute Gasteiger partial charge is 0.495 e. The summed E-state index contributed by atoms with van der Waals surface area (Å²) in [6.45, 7) is 0. The number of hydrogen-bond acceptors (Lipinski definition) is 4. The minimum absolute atomic E-state index is 0.00468. The van der Waals surface area contributed by atoms with Crippen LogP contribution in [0.3, 0.4) is 0 Å². The highest BCUT2D eigenvalue weighted by Crippen LogP contribution is 2.28. The average Bonchev–Trinajstić information content (AvgIpc) is 2.38. The van der Waals surface area contributed by atoms with E-state index in [2.05, 4.69) is 9.71 Å². The van der Waals surface area contributed by atoms with Crippen LogP contribution < -0.4 is 9.46 Å². The van der Waals surface area contributed by atoms with E-state index >= 15 is 0 Å². The van der Waals surface area contributed by atoms with Gasteiger partial charge < -0.3 is 4.74 Å². The van der Waals surface area contributed by atoms with Gasteiger partial charge in [0.15, 0.2) is 0 Å². The molecule has 0 spiro atoms. The van der Waals surface area contributed by atoms with E-state index in [9.17, 15) is 8.42 Å². The molecule has 1 N–H and O–H groups in total. The van der Waals surface area contributed by atoms with Gasteiger partial charge in [0.25, 0.3) is 10.0 Å². The number of nitrogens with one attached hydrogen (secondary N) is 1. The van der Waals surface area contributed by atoms with Crippen molar-refractivity contribution >= 4 is 27.4 Å². The number of hydrogen-bond donors (Lipinski definition) is 1. The van der Waals surface area contributed by atoms with Gasteiger partial charge in [-0.05, 0) is 24.3 Å². The van der Waals surface area contributed by atoms with Gasteiger partial charge in [0.05, 0.1) is 7.11 Å². The van der Waals surface area contributed by atoms with Crippen molar-refractivity contribution in [3.63, 3.8) is 0 Å². The van der Waals surface area contributed by atoms with Crippen LogP contribution in [0.25, 0.3) is 0 Å². The number of nitrogens with zero attached hydrogens (tertiary/aromatic N) is 1. The molecule has 1 heterocycles. The highest BCUT2D eigenvalue weighted by atomic mass is 35.5. The van der Waals surface area contributed by atoms with Gasteiger partial charge in [-0.25, -0.2) is 13.4 Å². The maximum Gasteiger partial charge on any atom is 0.266 e. The van der Waals surface area contributed by atoms with Gasteiger partial charge in [-0.2, -0.15) is 0 Å². The van der Waals surface area contributed by atoms with Crippen LogP contribution in [0.15, 0.2) is 47.5 Å². The summed E-state index contributed by atoms with van der Waals surface area (Å²) in [4.78, 5) is 3.91. The zero-order chi connectivity index (χ0) is 13.9. The molecule has 2 aromatic rings. The first kappa shape index (κ1) is 13.6. The molecule has 100 valence electrons. The molecule has 19 heavy (non-hydrogen) atoms. The van der Waals surface area contributed by atoms with Crippen LogP contribution in [0.5, 0.6) is 5.75 Å². The van der Waals surface area contributed by atoms with Crippen LogP contribution in [0.4, 0.5) is 5.82 Å². The van der Waals surface area contributed by atoms with Crippen molar-refractivity contribution in [1.82, 2.24) is 4.98 Å². The molecule has 0 aliphatic heterocycles. The number of methoxy groups -OCH3 is 1. The summed E-state index contributed by atoms with van der Waals surface area (Å²) < 4.78 is 31.8. The van der Waals surface area contributed by atoms with Crippen LogP contribution in [0.2, 0.25) is 5.02 Å². The van der Waals surface area contributed by atoms with Crippen LogP contribution in [0.1, 0.15) is 0 Å². The first-order valence-corrected chi connectivity index (χ1v) is 7.16. The molecule has 0 fully saturated rings. The van der Waals surface area contributed by atoms with Crippen molar-refractivity contribution in [3.8, 4) is 5.75 Å². The van der Waals surface area contributed by atoms with E-state index in [1.807, 2.05) is 0 Å². The van der Waals surface area contributed by atoms with Gasteiger partial charge in [0.2, 0.25) is 0 Å². The van der Waals surface area contributed by atoms with E-state index in [0.29, 0.717) is 5.02 Å². The third kappa shape index (κ3) is 3.15. The van der Waals surface area contributed by atoms with Crippen LogP contribution in [0, 0.1) is 0 Å². The van der Waals surface area contributed by atoms with Crippen molar-refractivity contribution in [2.75, 3.05) is 11.8 Å². The molecular weight excluding hydrogens is 288 g/mol. The molecule has 0 radical (unpaired) electrons. The summed E-state index contributed by atoms with van der Waals surface area (Å²) in [6.07, 6.45) is 1.50. The molecule has 0 bridgehead atoms. The Kier molecular flexibility index (Phi) is 3.92. The van der Waals surface area contributed by atoms with Crippen LogP contribution >= 0.6 is 11.6 Å². The maximum atomic E-state index is 12.2. The third-order valence-electron chi connectivity index (χ3n) is 2.32. The lowest BCUT2D eigenvalue weighted by atomic mass is 10.3. The Morgan fingerprint density at radius 2 is 2.05 bits per heavy atom. The monoisotopic (exact) mass is 298 g/mol. The van der Waals surface area contributed by atoms with E-state index < -0.39 is 10.0 Å². The Bertz CT molecular complexity index is 675. The fourth-order valence-corrected chi connectivity index (χ4v) is 2.80. The van der Waals surface area contributed by atoms with Crippen LogP contribution in [-0.4, -0.2) is 20.5 Å². The number of sulfonamides is 1. The van der Waals surface area contributed by atoms with E-state index in [1.54, 1.807) is 18.2 Å². The lowest BCUT2D eigenvalue weighted by Crippen LogP contribution is -2.14. The van der Waals surface area contributed by atoms with E-state index in [0.717, 1.165) is 0 Å². The van der Waals surface area contributed by atoms with Gasteiger partial charge in [-0.1, -0.05) is 17.7 Å². The summed E-state index contributed by atoms with van der Waals surface area (Å²) in [7, 11) is -2.39. The zero-order valence-corrected chi connectivity index (χ0v) is 11.6. The molecule has 2 rings (SSSR count). The van der Waals surface area contributed by atoms with Crippen molar-refractivity contribution in [2.45, 2.75) is 4.90 Å². The van der Waals surface area contributed by atoms with Gasteiger partial charge >= 0.3 is 0 Å². The summed E-state index contributed by atoms with van der Waals surface area (Å²) in [5.74, 6) is 0.412. The number of ether oxygens (including phenoxy) is 1. The summed E-state index contributed by atoms with van der Waals surface area (Å²) in [5, 5.41) is 0.397. The predicted molar refractivity (Wildman–Crippen MR) is 73.0 cm³/mol. The Hall–Kier alpha value is -1.79. The highest BCUT2D eigenvalue weighted by molar-refractivity contribution is 7.92. The molecule has 0 amide bonds. The predicted octanol–water partition coefficient (Wildman–Crippen LogP) is 2.54. The average molecular weight is 299 g/mol. The second-order valence-corrected chi connectivity index (χ2v) is 5.70. The molecule has 0 aliphatic rings. The molecular formula is C12H11ClN2O3S. The van der Waals surface area contributed by atoms with Crippen LogP contribution in [-0.2, 0) is 10.0 Å². The number of halogens is 1. The number of aromatic nitrogens is 1. The van der Waals surface area contributed by atoms with Gasteiger partial charge in [0.1, 0.15) is 16.5 Å². The smallest absolute Gasteiger partial charge is 0.266 e. The zero-order valence-electron chi connectivity index (χ0n) is 10.00. The van der Waals surface area contributed by atoms with E-state index in [4.69, 9.17) is 16.3 Å². The quantitative estimate of drug-likeness (QED) is 0.942. The molecule has 1 aromatic heterocycles. The highest BCUT2D eigenvalue weighted by Gasteiger charge is 2.20. The number of anilines is 1. The molecule has 0 saturated heterocycles. The SMILES string of the molecule is COc1cc(Cl)ccc1S(=O)(=O)Nc1ccccn1. The fourth-order valence-electron chi connectivity index (χ4n) is 1.48. The Morgan fingerprint density at radius 3 is 2.68 bits per heavy atom. The van der Waals surface area contributed by atoms with Gasteiger partial charge in [-0.3, -0.25) is 4.72 Å². The second-order valence-electron chi connectivity index (χ2n) is 3.62. The molecule has 0 saturated carbocycles. The van der Waals surface area contributed by atoms with Crippen molar-refractivity contribution in [3.05, 3.63) is 47.6 Å². The minimum Gasteiger partial charge on any atom is -0.495 e. The summed E-state index contributed by atoms with van der Waals surface area (Å²) >= 11 is 5.80. The summed E-state index contributed by atoms with van der Waals surface area (Å²) in [6, 6.07) is 9.24. The second kappa shape index (κ2) is 5.46. The first-order valence-electron chi connectivity index (χ1n) is 5.30. The van der Waals surface area contributed by atoms with Crippen molar-refractivity contribution in [2.24, 2.45) is 0 Å². The number of pyridine rings is 1. The van der Waals surface area contributed by atoms with Gasteiger partial charge in [-0.15, -0.1) is 0 Å². The molecule has 1 aromatic carbocycles. The summed E-state index contributed by atoms with van der Waals surface area (Å²) in [5.41, 5.74) is 0. The Labute approximate surface area is 116 Å². The first-order chi connectivity index (χ1) is 9.03. The van der Waals surface area contributed by atoms with E-state index in [1.165, 1.54) is 31.5 Å². The molecule has 0 unspecified atom stereocenters. The lowest BCUT2D eigenvalue weighted by Gasteiger charge is -2.11. The minimum atomic E-state index is -3.77. The fraction of sp³-hybridized carbons (Fsp3) is 0.0833. The molecule has 7 heteroatoms. The number of rotatable bonds is 4. The lowest BCUT2D eigenvalue weighted by molar-refractivity contribution is 0.403. The number of benzene rings is 1. The van der Waals surface area contributed by atoms with E-state index in [-0.39, 0.29) is 16.5 Å². The van der Waals surface area contributed by atoms with Crippen molar-refractivity contribution in [1.29, 1.82) is 0 Å². The Balaban J connectivity index is 2.40. The molecule has 5 nitrogen and oxygen atoms in total. The Morgan fingerprint density at radius 1 is 1.26 bits per heavy atom. The standard InChI is InChI=1S/C12H11ClN2O3S/c1-18-10-8-9(13)5-6-11(10)19(16,17)15-12-4-2-3-7-14-12/h2-8H,1H3,(H,14,15). The normalized spacial score (nSPS) is 11.1. The molecule has 0 aliphatic carbocycles.